The van der Waals surface area contributed by atoms with Crippen molar-refractivity contribution >= 4 is 28.5 Å². The number of nitrogen functional groups attached to an aromatic ring is 1. The van der Waals surface area contributed by atoms with Gasteiger partial charge in [0.25, 0.3) is 0 Å². The number of fused-ring (bicyclic) bond motifs is 1. The van der Waals surface area contributed by atoms with Gasteiger partial charge < -0.3 is 15.8 Å². The third-order valence-electron chi connectivity index (χ3n) is 4.24. The van der Waals surface area contributed by atoms with Gasteiger partial charge in [-0.2, -0.15) is 18.7 Å². The lowest BCUT2D eigenvalue weighted by Gasteiger charge is -2.11. The first kappa shape index (κ1) is 18.6. The fourth-order valence-corrected chi connectivity index (χ4v) is 3.04. The third-order valence-corrected chi connectivity index (χ3v) is 4.24. The zero-order valence-corrected chi connectivity index (χ0v) is 15.5. The van der Waals surface area contributed by atoms with Gasteiger partial charge in [0.05, 0.1) is 11.0 Å². The molecule has 3 N–H and O–H groups in total. The number of hydrogen-bond donors (Lipinski definition) is 2. The lowest BCUT2D eigenvalue weighted by Crippen LogP contribution is -2.08. The average molecular weight is 396 g/mol. The number of imidazole rings is 1. The minimum Gasteiger partial charge on any atom is -0.435 e. The summed E-state index contributed by atoms with van der Waals surface area (Å²) < 4.78 is 30.9. The van der Waals surface area contributed by atoms with E-state index >= 15 is 0 Å². The van der Waals surface area contributed by atoms with Gasteiger partial charge in [-0.1, -0.05) is 19.1 Å². The third kappa shape index (κ3) is 3.93. The number of halogens is 2. The summed E-state index contributed by atoms with van der Waals surface area (Å²) in [6.07, 6.45) is 0.715. The number of nitrogens with two attached hydrogens (primary N) is 1. The molecule has 29 heavy (non-hydrogen) atoms. The molecule has 0 aliphatic rings. The number of aromatic nitrogens is 4. The average Bonchev–Trinajstić information content (AvgIpc) is 3.07. The van der Waals surface area contributed by atoms with Crippen LogP contribution in [-0.2, 0) is 6.42 Å². The molecular formula is C20H18F2N6O. The molecule has 0 spiro atoms. The number of para-hydroxylation sites is 2. The van der Waals surface area contributed by atoms with Gasteiger partial charge in [0, 0.05) is 18.2 Å². The fourth-order valence-electron chi connectivity index (χ4n) is 3.04. The Bertz CT molecular complexity index is 1140. The van der Waals surface area contributed by atoms with Crippen LogP contribution in [0.5, 0.6) is 5.75 Å². The lowest BCUT2D eigenvalue weighted by atomic mass is 10.3. The number of hydrogen-bond acceptors (Lipinski definition) is 6. The molecule has 2 aromatic carbocycles. The molecule has 0 saturated carbocycles. The molecule has 0 saturated heterocycles. The number of rotatable bonds is 6. The predicted molar refractivity (Wildman–Crippen MR) is 107 cm³/mol. The van der Waals surface area contributed by atoms with Crippen LogP contribution in [0.25, 0.3) is 16.9 Å². The van der Waals surface area contributed by atoms with E-state index in [0.29, 0.717) is 17.9 Å². The van der Waals surface area contributed by atoms with Crippen molar-refractivity contribution in [1.29, 1.82) is 0 Å². The molecule has 0 fully saturated rings. The fraction of sp³-hybridized carbons (Fsp3) is 0.150. The summed E-state index contributed by atoms with van der Waals surface area (Å²) in [5.41, 5.74) is 8.40. The molecule has 0 unspecified atom stereocenters. The van der Waals surface area contributed by atoms with Crippen molar-refractivity contribution in [3.8, 4) is 11.6 Å². The number of ether oxygens (including phenoxy) is 1. The van der Waals surface area contributed by atoms with Crippen molar-refractivity contribution in [1.82, 2.24) is 19.5 Å². The standard InChI is InChI=1S/C20H18F2N6O/c1-2-17-25-14-5-3-4-6-15(14)28(17)18-11-16(23)26-20(27-18)24-12-7-9-13(10-8-12)29-19(21)22/h3-11,19H,2H2,1H3,(H3,23,24,26,27). The number of anilines is 3. The van der Waals surface area contributed by atoms with E-state index in [-0.39, 0.29) is 17.5 Å². The van der Waals surface area contributed by atoms with E-state index in [9.17, 15) is 8.78 Å². The second kappa shape index (κ2) is 7.70. The van der Waals surface area contributed by atoms with E-state index in [2.05, 4.69) is 25.0 Å². The quantitative estimate of drug-likeness (QED) is 0.505. The highest BCUT2D eigenvalue weighted by Crippen LogP contribution is 2.24. The van der Waals surface area contributed by atoms with Crippen LogP contribution in [0.15, 0.2) is 54.6 Å². The molecule has 7 nitrogen and oxygen atoms in total. The zero-order valence-electron chi connectivity index (χ0n) is 15.5. The van der Waals surface area contributed by atoms with E-state index in [1.54, 1.807) is 18.2 Å². The van der Waals surface area contributed by atoms with Gasteiger partial charge in [-0.15, -0.1) is 0 Å². The Morgan fingerprint density at radius 1 is 1.07 bits per heavy atom. The SMILES string of the molecule is CCc1nc2ccccc2n1-c1cc(N)nc(Nc2ccc(OC(F)F)cc2)n1. The number of benzene rings is 2. The van der Waals surface area contributed by atoms with Gasteiger partial charge in [0.15, 0.2) is 0 Å². The Hall–Kier alpha value is -3.75. The first-order valence-electron chi connectivity index (χ1n) is 8.96. The van der Waals surface area contributed by atoms with Crippen molar-refractivity contribution in [2.24, 2.45) is 0 Å². The second-order valence-electron chi connectivity index (χ2n) is 6.21. The molecule has 0 amide bonds. The van der Waals surface area contributed by atoms with Crippen LogP contribution in [0.3, 0.4) is 0 Å². The van der Waals surface area contributed by atoms with E-state index in [1.165, 1.54) is 12.1 Å². The summed E-state index contributed by atoms with van der Waals surface area (Å²) in [5.74, 6) is 2.07. The molecular weight excluding hydrogens is 378 g/mol. The van der Waals surface area contributed by atoms with Gasteiger partial charge >= 0.3 is 6.61 Å². The van der Waals surface area contributed by atoms with Crippen molar-refractivity contribution < 1.29 is 13.5 Å². The van der Waals surface area contributed by atoms with Gasteiger partial charge in [-0.3, -0.25) is 4.57 Å². The van der Waals surface area contributed by atoms with Crippen molar-refractivity contribution in [2.45, 2.75) is 20.0 Å². The number of alkyl halides is 2. The Morgan fingerprint density at radius 3 is 2.55 bits per heavy atom. The molecule has 4 rings (SSSR count). The monoisotopic (exact) mass is 396 g/mol. The van der Waals surface area contributed by atoms with Crippen LogP contribution in [0.4, 0.5) is 26.2 Å². The van der Waals surface area contributed by atoms with Gasteiger partial charge in [0.1, 0.15) is 23.2 Å². The second-order valence-corrected chi connectivity index (χ2v) is 6.21. The van der Waals surface area contributed by atoms with Crippen LogP contribution in [-0.4, -0.2) is 26.1 Å². The normalized spacial score (nSPS) is 11.2. The van der Waals surface area contributed by atoms with Crippen molar-refractivity contribution in [2.75, 3.05) is 11.1 Å². The van der Waals surface area contributed by atoms with Crippen LogP contribution < -0.4 is 15.8 Å². The lowest BCUT2D eigenvalue weighted by molar-refractivity contribution is -0.0498. The maximum Gasteiger partial charge on any atom is 0.387 e. The number of nitrogens with one attached hydrogen (secondary N) is 1. The van der Waals surface area contributed by atoms with E-state index in [0.717, 1.165) is 16.9 Å². The molecule has 2 aromatic heterocycles. The molecule has 0 bridgehead atoms. The first-order valence-corrected chi connectivity index (χ1v) is 8.96. The zero-order chi connectivity index (χ0) is 20.4. The van der Waals surface area contributed by atoms with Crippen LogP contribution >= 0.6 is 0 Å². The Morgan fingerprint density at radius 2 is 1.83 bits per heavy atom. The molecule has 0 aliphatic heterocycles. The van der Waals surface area contributed by atoms with Crippen LogP contribution in [0, 0.1) is 0 Å². The molecule has 4 aromatic rings. The van der Waals surface area contributed by atoms with Crippen molar-refractivity contribution in [3.63, 3.8) is 0 Å². The minimum absolute atomic E-state index is 0.0669. The van der Waals surface area contributed by atoms with Gasteiger partial charge in [0.2, 0.25) is 5.95 Å². The highest BCUT2D eigenvalue weighted by atomic mass is 19.3. The Labute approximate surface area is 165 Å². The highest BCUT2D eigenvalue weighted by molar-refractivity contribution is 5.78. The van der Waals surface area contributed by atoms with E-state index in [4.69, 9.17) is 5.73 Å². The molecule has 9 heteroatoms. The maximum atomic E-state index is 12.3. The minimum atomic E-state index is -2.87. The summed E-state index contributed by atoms with van der Waals surface area (Å²) in [6, 6.07) is 15.5. The summed E-state index contributed by atoms with van der Waals surface area (Å²) in [7, 11) is 0. The maximum absolute atomic E-state index is 12.3. The van der Waals surface area contributed by atoms with Crippen molar-refractivity contribution in [3.05, 3.63) is 60.4 Å². The molecule has 0 radical (unpaired) electrons. The molecule has 2 heterocycles. The number of nitrogens with zero attached hydrogens (tertiary/aromatic N) is 4. The highest BCUT2D eigenvalue weighted by Gasteiger charge is 2.14. The van der Waals surface area contributed by atoms with Crippen LogP contribution in [0.1, 0.15) is 12.7 Å². The Balaban J connectivity index is 1.69. The Kier molecular flexibility index (Phi) is 4.94. The topological polar surface area (TPSA) is 90.9 Å². The van der Waals surface area contributed by atoms with Crippen LogP contribution in [0.2, 0.25) is 0 Å². The summed E-state index contributed by atoms with van der Waals surface area (Å²) in [4.78, 5) is 13.4. The molecule has 0 aliphatic carbocycles. The molecule has 148 valence electrons. The number of aryl methyl sites for hydroxylation is 1. The summed E-state index contributed by atoms with van der Waals surface area (Å²) in [6.45, 7) is -0.851. The largest absolute Gasteiger partial charge is 0.435 e. The van der Waals surface area contributed by atoms with E-state index in [1.807, 2.05) is 35.8 Å². The predicted octanol–water partition coefficient (Wildman–Crippen LogP) is 4.31. The first-order chi connectivity index (χ1) is 14.0. The summed E-state index contributed by atoms with van der Waals surface area (Å²) >= 11 is 0. The summed E-state index contributed by atoms with van der Waals surface area (Å²) in [5, 5.41) is 3.03. The van der Waals surface area contributed by atoms with E-state index < -0.39 is 6.61 Å². The van der Waals surface area contributed by atoms with Gasteiger partial charge in [-0.05, 0) is 36.4 Å². The smallest absolute Gasteiger partial charge is 0.387 e. The van der Waals surface area contributed by atoms with Gasteiger partial charge in [-0.25, -0.2) is 4.98 Å². The molecule has 0 atom stereocenters.